The van der Waals surface area contributed by atoms with Crippen LogP contribution in [0.25, 0.3) is 0 Å². The Bertz CT molecular complexity index is 493. The van der Waals surface area contributed by atoms with Gasteiger partial charge in [-0.05, 0) is 12.0 Å². The van der Waals surface area contributed by atoms with E-state index >= 15 is 0 Å². The molecule has 1 aromatic carbocycles. The number of benzene rings is 1. The van der Waals surface area contributed by atoms with Crippen molar-refractivity contribution in [2.24, 2.45) is 11.7 Å². The summed E-state index contributed by atoms with van der Waals surface area (Å²) >= 11 is 5.88. The molecule has 0 aliphatic rings. The number of rotatable bonds is 5. The van der Waals surface area contributed by atoms with E-state index in [1.54, 1.807) is 0 Å². The Morgan fingerprint density at radius 2 is 2.21 bits per heavy atom. The van der Waals surface area contributed by atoms with Crippen molar-refractivity contribution in [2.75, 3.05) is 5.32 Å². The molecule has 0 saturated heterocycles. The minimum Gasteiger partial charge on any atom is -0.323 e. The topological polar surface area (TPSA) is 98.3 Å². The predicted octanol–water partition coefficient (Wildman–Crippen LogP) is 2.56. The van der Waals surface area contributed by atoms with Gasteiger partial charge in [0.15, 0.2) is 0 Å². The predicted molar refractivity (Wildman–Crippen MR) is 74.2 cm³/mol. The van der Waals surface area contributed by atoms with Gasteiger partial charge >= 0.3 is 0 Å². The maximum absolute atomic E-state index is 11.9. The lowest BCUT2D eigenvalue weighted by Gasteiger charge is -2.18. The number of carbonyl (C=O) groups excluding carboxylic acids is 1. The summed E-state index contributed by atoms with van der Waals surface area (Å²) in [4.78, 5) is 21.9. The van der Waals surface area contributed by atoms with E-state index in [0.717, 1.165) is 6.42 Å². The van der Waals surface area contributed by atoms with Crippen LogP contribution in [0.2, 0.25) is 5.02 Å². The number of nitrogens with two attached hydrogens (primary N) is 1. The lowest BCUT2D eigenvalue weighted by Crippen LogP contribution is -2.40. The largest absolute Gasteiger partial charge is 0.323 e. The maximum Gasteiger partial charge on any atom is 0.271 e. The minimum atomic E-state index is -0.642. The molecule has 3 N–H and O–H groups in total. The second-order valence-corrected chi connectivity index (χ2v) is 4.73. The van der Waals surface area contributed by atoms with Crippen LogP contribution >= 0.6 is 11.6 Å². The number of nitro groups is 1. The summed E-state index contributed by atoms with van der Waals surface area (Å²) in [7, 11) is 0. The van der Waals surface area contributed by atoms with Gasteiger partial charge in [0, 0.05) is 12.1 Å². The fourth-order valence-electron chi connectivity index (χ4n) is 1.45. The van der Waals surface area contributed by atoms with Crippen molar-refractivity contribution in [1.82, 2.24) is 0 Å². The van der Waals surface area contributed by atoms with Crippen molar-refractivity contribution in [3.63, 3.8) is 0 Å². The van der Waals surface area contributed by atoms with E-state index in [1.165, 1.54) is 18.2 Å². The van der Waals surface area contributed by atoms with E-state index in [2.05, 4.69) is 5.32 Å². The second kappa shape index (κ2) is 6.49. The molecule has 1 amide bonds. The smallest absolute Gasteiger partial charge is 0.271 e. The molecule has 0 spiro atoms. The van der Waals surface area contributed by atoms with Crippen molar-refractivity contribution >= 4 is 28.9 Å². The van der Waals surface area contributed by atoms with Crippen molar-refractivity contribution in [3.8, 4) is 0 Å². The third kappa shape index (κ3) is 3.90. The highest BCUT2D eigenvalue weighted by Gasteiger charge is 2.20. The molecule has 104 valence electrons. The molecule has 0 heterocycles. The molecule has 0 radical (unpaired) electrons. The number of halogens is 1. The Labute approximate surface area is 116 Å². The summed E-state index contributed by atoms with van der Waals surface area (Å²) in [6, 6.07) is 3.21. The van der Waals surface area contributed by atoms with Gasteiger partial charge in [-0.15, -0.1) is 0 Å². The summed E-state index contributed by atoms with van der Waals surface area (Å²) in [6.45, 7) is 3.82. The van der Waals surface area contributed by atoms with Crippen LogP contribution in [0.3, 0.4) is 0 Å². The van der Waals surface area contributed by atoms with Crippen molar-refractivity contribution in [2.45, 2.75) is 26.3 Å². The first-order valence-electron chi connectivity index (χ1n) is 5.87. The van der Waals surface area contributed by atoms with E-state index < -0.39 is 11.0 Å². The molecule has 1 rings (SSSR count). The number of hydrogen-bond donors (Lipinski definition) is 2. The minimum absolute atomic E-state index is 0.0387. The lowest BCUT2D eigenvalue weighted by molar-refractivity contribution is -0.384. The van der Waals surface area contributed by atoms with Gasteiger partial charge in [-0.3, -0.25) is 14.9 Å². The van der Waals surface area contributed by atoms with Gasteiger partial charge in [0.05, 0.1) is 21.7 Å². The third-order valence-electron chi connectivity index (χ3n) is 2.98. The first kappa shape index (κ1) is 15.4. The van der Waals surface area contributed by atoms with Crippen molar-refractivity contribution < 1.29 is 9.72 Å². The van der Waals surface area contributed by atoms with Crippen LogP contribution in [0, 0.1) is 16.0 Å². The number of hydrogen-bond acceptors (Lipinski definition) is 4. The first-order chi connectivity index (χ1) is 8.86. The SMILES string of the molecule is CCC(C)[C@H](N)C(=O)Nc1ccc([N+](=O)[O-])cc1Cl. The molecule has 1 unspecified atom stereocenters. The number of anilines is 1. The van der Waals surface area contributed by atoms with Crippen LogP contribution in [0.5, 0.6) is 0 Å². The number of nitrogens with zero attached hydrogens (tertiary/aromatic N) is 1. The molecule has 0 bridgehead atoms. The van der Waals surface area contributed by atoms with Crippen molar-refractivity contribution in [1.29, 1.82) is 0 Å². The zero-order chi connectivity index (χ0) is 14.6. The molecule has 0 fully saturated rings. The Kier molecular flexibility index (Phi) is 5.26. The number of carbonyl (C=O) groups is 1. The molecular formula is C12H16ClN3O3. The van der Waals surface area contributed by atoms with E-state index in [4.69, 9.17) is 17.3 Å². The summed E-state index contributed by atoms with van der Waals surface area (Å²) in [5, 5.41) is 13.2. The standard InChI is InChI=1S/C12H16ClN3O3/c1-3-7(2)11(14)12(17)15-10-5-4-8(16(18)19)6-9(10)13/h4-7,11H,3,14H2,1-2H3,(H,15,17)/t7?,11-/m0/s1. The fourth-order valence-corrected chi connectivity index (χ4v) is 1.67. The zero-order valence-corrected chi connectivity index (χ0v) is 11.5. The number of nitro benzene ring substituents is 1. The average molecular weight is 286 g/mol. The molecule has 2 atom stereocenters. The average Bonchev–Trinajstić information content (AvgIpc) is 2.38. The monoisotopic (exact) mass is 285 g/mol. The molecule has 0 aliphatic carbocycles. The van der Waals surface area contributed by atoms with Gasteiger partial charge in [0.1, 0.15) is 0 Å². The van der Waals surface area contributed by atoms with Crippen LogP contribution in [-0.4, -0.2) is 16.9 Å². The Morgan fingerprint density at radius 1 is 1.58 bits per heavy atom. The van der Waals surface area contributed by atoms with Gasteiger partial charge in [-0.25, -0.2) is 0 Å². The van der Waals surface area contributed by atoms with Gasteiger partial charge in [-0.1, -0.05) is 31.9 Å². The zero-order valence-electron chi connectivity index (χ0n) is 10.7. The van der Waals surface area contributed by atoms with Gasteiger partial charge in [0.25, 0.3) is 5.69 Å². The first-order valence-corrected chi connectivity index (χ1v) is 6.25. The highest BCUT2D eigenvalue weighted by Crippen LogP contribution is 2.26. The van der Waals surface area contributed by atoms with E-state index in [-0.39, 0.29) is 22.5 Å². The summed E-state index contributed by atoms with van der Waals surface area (Å²) < 4.78 is 0. The van der Waals surface area contributed by atoms with Crippen LogP contribution in [0.1, 0.15) is 20.3 Å². The molecule has 0 saturated carbocycles. The highest BCUT2D eigenvalue weighted by atomic mass is 35.5. The Balaban J connectivity index is 2.83. The lowest BCUT2D eigenvalue weighted by atomic mass is 9.99. The van der Waals surface area contributed by atoms with Gasteiger partial charge in [-0.2, -0.15) is 0 Å². The molecule has 6 nitrogen and oxygen atoms in total. The molecule has 19 heavy (non-hydrogen) atoms. The summed E-state index contributed by atoms with van der Waals surface area (Å²) in [6.07, 6.45) is 0.780. The summed E-state index contributed by atoms with van der Waals surface area (Å²) in [5.74, 6) is -0.318. The van der Waals surface area contributed by atoms with Gasteiger partial charge in [0.2, 0.25) is 5.91 Å². The van der Waals surface area contributed by atoms with Crippen LogP contribution in [0.15, 0.2) is 18.2 Å². The van der Waals surface area contributed by atoms with Gasteiger partial charge < -0.3 is 11.1 Å². The maximum atomic E-state index is 11.9. The highest BCUT2D eigenvalue weighted by molar-refractivity contribution is 6.34. The Morgan fingerprint density at radius 3 is 2.68 bits per heavy atom. The molecule has 1 aromatic rings. The van der Waals surface area contributed by atoms with E-state index in [0.29, 0.717) is 5.69 Å². The normalized spacial score (nSPS) is 13.7. The molecule has 0 aromatic heterocycles. The third-order valence-corrected chi connectivity index (χ3v) is 3.29. The molecule has 0 aliphatic heterocycles. The number of non-ortho nitro benzene ring substituents is 1. The van der Waals surface area contributed by atoms with Crippen molar-refractivity contribution in [3.05, 3.63) is 33.3 Å². The van der Waals surface area contributed by atoms with E-state index in [9.17, 15) is 14.9 Å². The fraction of sp³-hybridized carbons (Fsp3) is 0.417. The van der Waals surface area contributed by atoms with Crippen LogP contribution in [0.4, 0.5) is 11.4 Å². The second-order valence-electron chi connectivity index (χ2n) is 4.32. The quantitative estimate of drug-likeness (QED) is 0.641. The van der Waals surface area contributed by atoms with Crippen LogP contribution in [-0.2, 0) is 4.79 Å². The molecular weight excluding hydrogens is 270 g/mol. The van der Waals surface area contributed by atoms with E-state index in [1.807, 2.05) is 13.8 Å². The number of amides is 1. The van der Waals surface area contributed by atoms with Crippen LogP contribution < -0.4 is 11.1 Å². The summed E-state index contributed by atoms with van der Waals surface area (Å²) in [5.41, 5.74) is 5.97. The Hall–Kier alpha value is -1.66. The number of nitrogens with one attached hydrogen (secondary N) is 1. The molecule has 7 heteroatoms.